The highest BCUT2D eigenvalue weighted by Gasteiger charge is 2.14. The maximum Gasteiger partial charge on any atom is 0.226 e. The summed E-state index contributed by atoms with van der Waals surface area (Å²) in [5, 5.41) is 5.35. The number of anilines is 1. The molecule has 1 amide bonds. The summed E-state index contributed by atoms with van der Waals surface area (Å²) >= 11 is 1.37. The van der Waals surface area contributed by atoms with Crippen LogP contribution < -0.4 is 11.1 Å². The van der Waals surface area contributed by atoms with E-state index in [0.717, 1.165) is 18.8 Å². The van der Waals surface area contributed by atoms with Gasteiger partial charge in [0, 0.05) is 18.5 Å². The lowest BCUT2D eigenvalue weighted by Gasteiger charge is -2.29. The first-order valence-electron chi connectivity index (χ1n) is 7.32. The van der Waals surface area contributed by atoms with Crippen molar-refractivity contribution >= 4 is 22.4 Å². The molecule has 2 heterocycles. The van der Waals surface area contributed by atoms with Crippen LogP contribution in [0.4, 0.5) is 5.13 Å². The summed E-state index contributed by atoms with van der Waals surface area (Å²) in [6, 6.07) is 0. The van der Waals surface area contributed by atoms with E-state index < -0.39 is 0 Å². The quantitative estimate of drug-likeness (QED) is 0.834. The molecule has 3 N–H and O–H groups in total. The van der Waals surface area contributed by atoms with E-state index in [4.69, 9.17) is 5.73 Å². The molecule has 0 aliphatic carbocycles. The molecule has 1 aromatic rings. The first-order valence-corrected chi connectivity index (χ1v) is 8.20. The van der Waals surface area contributed by atoms with Gasteiger partial charge in [-0.1, -0.05) is 13.3 Å². The topological polar surface area (TPSA) is 71.2 Å². The molecule has 6 heteroatoms. The summed E-state index contributed by atoms with van der Waals surface area (Å²) in [6.45, 7) is 6.40. The minimum absolute atomic E-state index is 0.0285. The number of nitrogen functional groups attached to an aromatic ring is 1. The Kier molecular flexibility index (Phi) is 5.79. The van der Waals surface area contributed by atoms with Gasteiger partial charge in [0.15, 0.2) is 5.13 Å². The lowest BCUT2D eigenvalue weighted by Crippen LogP contribution is -2.38. The number of aromatic nitrogens is 1. The second-order valence-electron chi connectivity index (χ2n) is 5.62. The molecule has 1 aromatic heterocycles. The number of nitrogens with two attached hydrogens (primary N) is 1. The van der Waals surface area contributed by atoms with Gasteiger partial charge in [-0.3, -0.25) is 4.79 Å². The molecule has 0 spiro atoms. The molecule has 5 nitrogen and oxygen atoms in total. The Morgan fingerprint density at radius 2 is 2.25 bits per heavy atom. The van der Waals surface area contributed by atoms with Crippen LogP contribution in [-0.2, 0) is 11.2 Å². The van der Waals surface area contributed by atoms with Crippen molar-refractivity contribution in [3.63, 3.8) is 0 Å². The van der Waals surface area contributed by atoms with Crippen molar-refractivity contribution < 1.29 is 4.79 Å². The number of nitrogens with one attached hydrogen (secondary N) is 1. The molecule has 1 unspecified atom stereocenters. The molecule has 20 heavy (non-hydrogen) atoms. The molecule has 0 saturated carbocycles. The summed E-state index contributed by atoms with van der Waals surface area (Å²) < 4.78 is 0. The highest BCUT2D eigenvalue weighted by molar-refractivity contribution is 7.13. The maximum absolute atomic E-state index is 11.8. The predicted molar refractivity (Wildman–Crippen MR) is 82.7 cm³/mol. The first kappa shape index (κ1) is 15.3. The zero-order chi connectivity index (χ0) is 14.4. The number of piperidine rings is 1. The third-order valence-corrected chi connectivity index (χ3v) is 4.30. The highest BCUT2D eigenvalue weighted by Crippen LogP contribution is 2.12. The van der Waals surface area contributed by atoms with Crippen LogP contribution in [0.5, 0.6) is 0 Å². The van der Waals surface area contributed by atoms with Gasteiger partial charge in [-0.2, -0.15) is 0 Å². The van der Waals surface area contributed by atoms with Crippen molar-refractivity contribution in [2.45, 2.75) is 32.6 Å². The minimum Gasteiger partial charge on any atom is -0.375 e. The Morgan fingerprint density at radius 3 is 2.90 bits per heavy atom. The summed E-state index contributed by atoms with van der Waals surface area (Å²) in [5.74, 6) is 0.512. The van der Waals surface area contributed by atoms with Crippen molar-refractivity contribution in [3.8, 4) is 0 Å². The zero-order valence-corrected chi connectivity index (χ0v) is 12.9. The Bertz CT molecular complexity index is 429. The predicted octanol–water partition coefficient (Wildman–Crippen LogP) is 1.51. The van der Waals surface area contributed by atoms with E-state index in [-0.39, 0.29) is 5.91 Å². The number of thiazole rings is 1. The van der Waals surface area contributed by atoms with Gasteiger partial charge in [-0.05, 0) is 31.8 Å². The molecule has 0 bridgehead atoms. The van der Waals surface area contributed by atoms with Crippen LogP contribution in [0.15, 0.2) is 5.38 Å². The third-order valence-electron chi connectivity index (χ3n) is 3.58. The molecule has 1 saturated heterocycles. The van der Waals surface area contributed by atoms with Crippen molar-refractivity contribution in [2.24, 2.45) is 5.92 Å². The lowest BCUT2D eigenvalue weighted by atomic mass is 10.1. The third kappa shape index (κ3) is 5.09. The minimum atomic E-state index is 0.0285. The molecule has 0 aromatic carbocycles. The monoisotopic (exact) mass is 296 g/mol. The van der Waals surface area contributed by atoms with Crippen molar-refractivity contribution in [1.82, 2.24) is 15.2 Å². The van der Waals surface area contributed by atoms with E-state index in [9.17, 15) is 4.79 Å². The number of nitrogens with zero attached hydrogens (tertiary/aromatic N) is 2. The van der Waals surface area contributed by atoms with Gasteiger partial charge < -0.3 is 16.0 Å². The number of hydrogen-bond donors (Lipinski definition) is 2. The standard InChI is InChI=1S/C14H24N4OS/c1-11(9-18-5-3-2-4-6-18)8-16-13(19)7-12-10-20-14(15)17-12/h10-11H,2-9H2,1H3,(H2,15,17)(H,16,19). The van der Waals surface area contributed by atoms with Crippen LogP contribution in [0.1, 0.15) is 31.9 Å². The highest BCUT2D eigenvalue weighted by atomic mass is 32.1. The van der Waals surface area contributed by atoms with Gasteiger partial charge >= 0.3 is 0 Å². The van der Waals surface area contributed by atoms with Crippen molar-refractivity contribution in [1.29, 1.82) is 0 Å². The van der Waals surface area contributed by atoms with Crippen molar-refractivity contribution in [2.75, 3.05) is 31.9 Å². The van der Waals surface area contributed by atoms with Crippen LogP contribution in [-0.4, -0.2) is 42.0 Å². The van der Waals surface area contributed by atoms with Crippen LogP contribution in [0, 0.1) is 5.92 Å². The number of rotatable bonds is 6. The smallest absolute Gasteiger partial charge is 0.226 e. The molecule has 1 atom stereocenters. The van der Waals surface area contributed by atoms with Gasteiger partial charge in [0.05, 0.1) is 12.1 Å². The molecule has 1 fully saturated rings. The van der Waals surface area contributed by atoms with Gasteiger partial charge in [0.25, 0.3) is 0 Å². The molecule has 0 radical (unpaired) electrons. The van der Waals surface area contributed by atoms with Crippen LogP contribution in [0.25, 0.3) is 0 Å². The number of carbonyl (C=O) groups is 1. The maximum atomic E-state index is 11.8. The molecular formula is C14H24N4OS. The Hall–Kier alpha value is -1.14. The fourth-order valence-corrected chi connectivity index (χ4v) is 3.13. The van der Waals surface area contributed by atoms with Gasteiger partial charge in [-0.25, -0.2) is 4.98 Å². The van der Waals surface area contributed by atoms with E-state index in [1.807, 2.05) is 5.38 Å². The van der Waals surface area contributed by atoms with Crippen LogP contribution in [0.2, 0.25) is 0 Å². The zero-order valence-electron chi connectivity index (χ0n) is 12.1. The second kappa shape index (κ2) is 7.59. The van der Waals surface area contributed by atoms with Crippen LogP contribution >= 0.6 is 11.3 Å². The Balaban J connectivity index is 1.64. The molecule has 2 rings (SSSR count). The van der Waals surface area contributed by atoms with Gasteiger partial charge in [0.1, 0.15) is 0 Å². The first-order chi connectivity index (χ1) is 9.63. The van der Waals surface area contributed by atoms with E-state index in [1.54, 1.807) is 0 Å². The Labute approximate surface area is 124 Å². The van der Waals surface area contributed by atoms with Gasteiger partial charge in [0.2, 0.25) is 5.91 Å². The number of hydrogen-bond acceptors (Lipinski definition) is 5. The summed E-state index contributed by atoms with van der Waals surface area (Å²) in [7, 11) is 0. The molecule has 112 valence electrons. The average Bonchev–Trinajstić information content (AvgIpc) is 2.83. The van der Waals surface area contributed by atoms with Gasteiger partial charge in [-0.15, -0.1) is 11.3 Å². The largest absolute Gasteiger partial charge is 0.375 e. The SMILES string of the molecule is CC(CNC(=O)Cc1csc(N)n1)CN1CCCCC1. The summed E-state index contributed by atoms with van der Waals surface area (Å²) in [4.78, 5) is 18.4. The number of amides is 1. The molecular weight excluding hydrogens is 272 g/mol. The average molecular weight is 296 g/mol. The van der Waals surface area contributed by atoms with Crippen LogP contribution in [0.3, 0.4) is 0 Å². The van der Waals surface area contributed by atoms with E-state index in [1.165, 1.54) is 43.7 Å². The summed E-state index contributed by atoms with van der Waals surface area (Å²) in [5.41, 5.74) is 6.31. The normalized spacial score (nSPS) is 17.9. The van der Waals surface area contributed by atoms with E-state index in [0.29, 0.717) is 17.5 Å². The second-order valence-corrected chi connectivity index (χ2v) is 6.51. The lowest BCUT2D eigenvalue weighted by molar-refractivity contribution is -0.120. The molecule has 1 aliphatic heterocycles. The number of carbonyl (C=O) groups excluding carboxylic acids is 1. The fourth-order valence-electron chi connectivity index (χ4n) is 2.57. The van der Waals surface area contributed by atoms with E-state index >= 15 is 0 Å². The van der Waals surface area contributed by atoms with Crippen molar-refractivity contribution in [3.05, 3.63) is 11.1 Å². The molecule has 1 aliphatic rings. The number of likely N-dealkylation sites (tertiary alicyclic amines) is 1. The fraction of sp³-hybridized carbons (Fsp3) is 0.714. The van der Waals surface area contributed by atoms with E-state index in [2.05, 4.69) is 22.1 Å². The Morgan fingerprint density at radius 1 is 1.50 bits per heavy atom. The summed E-state index contributed by atoms with van der Waals surface area (Å²) in [6.07, 6.45) is 4.30.